The molecule has 3 atom stereocenters. The number of benzene rings is 1. The SMILES string of the molecule is CC[C@@H]1CC(NCc2cc(C(F)(F)F)cc(C(F)(F)F)c2)C[C@H](CC)N1. The van der Waals surface area contributed by atoms with Crippen molar-refractivity contribution in [2.45, 2.75) is 76.6 Å². The Bertz CT molecular complexity index is 552. The first-order valence-electron chi connectivity index (χ1n) is 8.80. The van der Waals surface area contributed by atoms with Crippen molar-refractivity contribution in [1.29, 1.82) is 0 Å². The summed E-state index contributed by atoms with van der Waals surface area (Å²) in [5.74, 6) is 0. The predicted molar refractivity (Wildman–Crippen MR) is 87.6 cm³/mol. The molecule has 1 aliphatic rings. The molecule has 1 aromatic rings. The third-order valence-corrected chi connectivity index (χ3v) is 4.84. The van der Waals surface area contributed by atoms with Gasteiger partial charge in [0.25, 0.3) is 0 Å². The summed E-state index contributed by atoms with van der Waals surface area (Å²) in [5.41, 5.74) is -2.55. The van der Waals surface area contributed by atoms with Gasteiger partial charge in [0.2, 0.25) is 0 Å². The van der Waals surface area contributed by atoms with Gasteiger partial charge in [0.05, 0.1) is 11.1 Å². The second kappa shape index (κ2) is 8.17. The van der Waals surface area contributed by atoms with Crippen LogP contribution in [0.4, 0.5) is 26.3 Å². The fourth-order valence-electron chi connectivity index (χ4n) is 3.37. The molecule has 1 unspecified atom stereocenters. The third kappa shape index (κ3) is 5.61. The molecular formula is C18H24F6N2. The average Bonchev–Trinajstić information content (AvgIpc) is 2.57. The van der Waals surface area contributed by atoms with Crippen molar-refractivity contribution in [2.24, 2.45) is 0 Å². The summed E-state index contributed by atoms with van der Waals surface area (Å²) < 4.78 is 77.6. The van der Waals surface area contributed by atoms with Crippen molar-refractivity contribution in [3.05, 3.63) is 34.9 Å². The van der Waals surface area contributed by atoms with Crippen LogP contribution in [0.15, 0.2) is 18.2 Å². The Morgan fingerprint density at radius 2 is 1.35 bits per heavy atom. The maximum atomic E-state index is 12.9. The molecule has 1 heterocycles. The maximum absolute atomic E-state index is 12.9. The molecule has 0 aromatic heterocycles. The van der Waals surface area contributed by atoms with E-state index in [0.29, 0.717) is 12.1 Å². The summed E-state index contributed by atoms with van der Waals surface area (Å²) in [5, 5.41) is 6.65. The van der Waals surface area contributed by atoms with Gasteiger partial charge in [-0.2, -0.15) is 26.3 Å². The van der Waals surface area contributed by atoms with Crippen LogP contribution in [-0.4, -0.2) is 18.1 Å². The average molecular weight is 382 g/mol. The lowest BCUT2D eigenvalue weighted by Crippen LogP contribution is -2.50. The molecule has 2 N–H and O–H groups in total. The largest absolute Gasteiger partial charge is 0.416 e. The molecule has 148 valence electrons. The van der Waals surface area contributed by atoms with Gasteiger partial charge in [-0.15, -0.1) is 0 Å². The molecule has 0 saturated carbocycles. The van der Waals surface area contributed by atoms with Crippen LogP contribution in [0.1, 0.15) is 56.2 Å². The minimum Gasteiger partial charge on any atom is -0.311 e. The molecule has 1 fully saturated rings. The first-order chi connectivity index (χ1) is 12.0. The van der Waals surface area contributed by atoms with Crippen LogP contribution >= 0.6 is 0 Å². The molecule has 2 rings (SSSR count). The molecule has 8 heteroatoms. The first kappa shape index (κ1) is 21.0. The standard InChI is InChI=1S/C18H24F6N2/c1-3-14-8-16(9-15(4-2)26-14)25-10-11-5-12(17(19,20)21)7-13(6-11)18(22,23)24/h5-7,14-16,25-26H,3-4,8-10H2,1-2H3/t14-,15+,16?. The molecule has 1 saturated heterocycles. The van der Waals surface area contributed by atoms with E-state index >= 15 is 0 Å². The zero-order valence-corrected chi connectivity index (χ0v) is 14.8. The maximum Gasteiger partial charge on any atom is 0.416 e. The van der Waals surface area contributed by atoms with Gasteiger partial charge in [-0.3, -0.25) is 0 Å². The van der Waals surface area contributed by atoms with Crippen LogP contribution in [-0.2, 0) is 18.9 Å². The Morgan fingerprint density at radius 3 is 1.73 bits per heavy atom. The lowest BCUT2D eigenvalue weighted by molar-refractivity contribution is -0.143. The molecule has 0 bridgehead atoms. The van der Waals surface area contributed by atoms with Crippen molar-refractivity contribution in [3.63, 3.8) is 0 Å². The van der Waals surface area contributed by atoms with Crippen LogP contribution in [0.25, 0.3) is 0 Å². The minimum absolute atomic E-state index is 0.00761. The van der Waals surface area contributed by atoms with Crippen LogP contribution in [0.3, 0.4) is 0 Å². The van der Waals surface area contributed by atoms with Crippen molar-refractivity contribution >= 4 is 0 Å². The van der Waals surface area contributed by atoms with Gasteiger partial charge in [-0.05, 0) is 49.4 Å². The van der Waals surface area contributed by atoms with Gasteiger partial charge in [0.1, 0.15) is 0 Å². The van der Waals surface area contributed by atoms with E-state index < -0.39 is 23.5 Å². The quantitative estimate of drug-likeness (QED) is 0.691. The molecule has 0 radical (unpaired) electrons. The molecule has 1 aromatic carbocycles. The lowest BCUT2D eigenvalue weighted by Gasteiger charge is -2.36. The monoisotopic (exact) mass is 382 g/mol. The summed E-state index contributed by atoms with van der Waals surface area (Å²) in [4.78, 5) is 0. The third-order valence-electron chi connectivity index (χ3n) is 4.84. The smallest absolute Gasteiger partial charge is 0.311 e. The van der Waals surface area contributed by atoms with Crippen molar-refractivity contribution < 1.29 is 26.3 Å². The normalized spacial score (nSPS) is 24.7. The van der Waals surface area contributed by atoms with Crippen LogP contribution < -0.4 is 10.6 Å². The number of nitrogens with one attached hydrogen (secondary N) is 2. The molecule has 0 aliphatic carbocycles. The van der Waals surface area contributed by atoms with E-state index in [0.717, 1.165) is 37.8 Å². The van der Waals surface area contributed by atoms with E-state index in [-0.39, 0.29) is 24.2 Å². The van der Waals surface area contributed by atoms with E-state index in [1.807, 2.05) is 0 Å². The molecule has 2 nitrogen and oxygen atoms in total. The van der Waals surface area contributed by atoms with Gasteiger partial charge < -0.3 is 10.6 Å². The van der Waals surface area contributed by atoms with Crippen LogP contribution in [0, 0.1) is 0 Å². The highest BCUT2D eigenvalue weighted by molar-refractivity contribution is 5.33. The van der Waals surface area contributed by atoms with Crippen LogP contribution in [0.2, 0.25) is 0 Å². The second-order valence-electron chi connectivity index (χ2n) is 6.84. The predicted octanol–water partition coefficient (Wildman–Crippen LogP) is 5.12. The van der Waals surface area contributed by atoms with Crippen molar-refractivity contribution in [2.75, 3.05) is 0 Å². The number of hydrogen-bond acceptors (Lipinski definition) is 2. The van der Waals surface area contributed by atoms with E-state index in [1.165, 1.54) is 0 Å². The summed E-state index contributed by atoms with van der Waals surface area (Å²) in [7, 11) is 0. The van der Waals surface area contributed by atoms with Crippen LogP contribution in [0.5, 0.6) is 0 Å². The van der Waals surface area contributed by atoms with E-state index in [1.54, 1.807) is 0 Å². The Morgan fingerprint density at radius 1 is 0.885 bits per heavy atom. The second-order valence-corrected chi connectivity index (χ2v) is 6.84. The first-order valence-corrected chi connectivity index (χ1v) is 8.80. The summed E-state index contributed by atoms with van der Waals surface area (Å²) in [6.07, 6.45) is -6.17. The molecule has 0 spiro atoms. The van der Waals surface area contributed by atoms with Crippen molar-refractivity contribution in [1.82, 2.24) is 10.6 Å². The Labute approximate surface area is 149 Å². The van der Waals surface area contributed by atoms with E-state index in [2.05, 4.69) is 24.5 Å². The highest BCUT2D eigenvalue weighted by Gasteiger charge is 2.37. The Kier molecular flexibility index (Phi) is 6.60. The van der Waals surface area contributed by atoms with Gasteiger partial charge in [0.15, 0.2) is 0 Å². The Balaban J connectivity index is 2.15. The molecule has 26 heavy (non-hydrogen) atoms. The van der Waals surface area contributed by atoms with E-state index in [9.17, 15) is 26.3 Å². The van der Waals surface area contributed by atoms with Gasteiger partial charge >= 0.3 is 12.4 Å². The molecule has 1 aliphatic heterocycles. The summed E-state index contributed by atoms with van der Waals surface area (Å²) in [6, 6.07) is 2.41. The zero-order chi connectivity index (χ0) is 19.5. The number of rotatable bonds is 5. The topological polar surface area (TPSA) is 24.1 Å². The number of halogens is 6. The fourth-order valence-corrected chi connectivity index (χ4v) is 3.37. The summed E-state index contributed by atoms with van der Waals surface area (Å²) in [6.45, 7) is 4.08. The molecular weight excluding hydrogens is 358 g/mol. The van der Waals surface area contributed by atoms with Gasteiger partial charge in [0, 0.05) is 24.7 Å². The number of hydrogen-bond donors (Lipinski definition) is 2. The lowest BCUT2D eigenvalue weighted by atomic mass is 9.91. The highest BCUT2D eigenvalue weighted by Crippen LogP contribution is 2.36. The fraction of sp³-hybridized carbons (Fsp3) is 0.667. The number of piperidine rings is 1. The number of alkyl halides is 6. The van der Waals surface area contributed by atoms with Crippen molar-refractivity contribution in [3.8, 4) is 0 Å². The highest BCUT2D eigenvalue weighted by atomic mass is 19.4. The zero-order valence-electron chi connectivity index (χ0n) is 14.8. The Hall–Kier alpha value is -1.28. The summed E-state index contributed by atoms with van der Waals surface area (Å²) >= 11 is 0. The van der Waals surface area contributed by atoms with Gasteiger partial charge in [-0.1, -0.05) is 13.8 Å². The van der Waals surface area contributed by atoms with Gasteiger partial charge in [-0.25, -0.2) is 0 Å². The molecule has 0 amide bonds. The minimum atomic E-state index is -4.81. The van der Waals surface area contributed by atoms with E-state index in [4.69, 9.17) is 0 Å².